The molecule has 3 heteroatoms. The first-order valence-electron chi connectivity index (χ1n) is 7.82. The lowest BCUT2D eigenvalue weighted by molar-refractivity contribution is 0.0988. The largest absolute Gasteiger partial charge is 0.490 e. The number of ketones is 1. The quantitative estimate of drug-likeness (QED) is 0.389. The summed E-state index contributed by atoms with van der Waals surface area (Å²) in [6.07, 6.45) is 2.97. The SMILES string of the molecule is C=CCc1cc(C(=O)CC)ccc1OCCOc1ccccc1. The maximum atomic E-state index is 11.8. The van der Waals surface area contributed by atoms with Gasteiger partial charge in [0.05, 0.1) is 0 Å². The standard InChI is InChI=1S/C20H22O3/c1-3-8-17-15-16(19(21)4-2)11-12-20(17)23-14-13-22-18-9-6-5-7-10-18/h3,5-7,9-12,15H,1,4,8,13-14H2,2H3. The minimum absolute atomic E-state index is 0.134. The van der Waals surface area contributed by atoms with E-state index in [1.165, 1.54) is 0 Å². The number of allylic oxidation sites excluding steroid dienone is 1. The van der Waals surface area contributed by atoms with Crippen LogP contribution in [-0.4, -0.2) is 19.0 Å². The molecule has 2 aromatic carbocycles. The Morgan fingerprint density at radius 2 is 1.83 bits per heavy atom. The Labute approximate surface area is 137 Å². The molecule has 0 aliphatic carbocycles. The highest BCUT2D eigenvalue weighted by molar-refractivity contribution is 5.96. The van der Waals surface area contributed by atoms with Gasteiger partial charge in [0.15, 0.2) is 5.78 Å². The molecule has 0 fully saturated rings. The Balaban J connectivity index is 1.95. The number of para-hydroxylation sites is 1. The van der Waals surface area contributed by atoms with Crippen molar-refractivity contribution in [2.45, 2.75) is 19.8 Å². The molecule has 0 bridgehead atoms. The number of hydrogen-bond acceptors (Lipinski definition) is 3. The zero-order chi connectivity index (χ0) is 16.5. The van der Waals surface area contributed by atoms with E-state index in [0.717, 1.165) is 22.6 Å². The summed E-state index contributed by atoms with van der Waals surface area (Å²) in [7, 11) is 0. The average Bonchev–Trinajstić information content (AvgIpc) is 2.60. The Morgan fingerprint density at radius 1 is 1.09 bits per heavy atom. The molecule has 0 unspecified atom stereocenters. The predicted molar refractivity (Wildman–Crippen MR) is 92.4 cm³/mol. The smallest absolute Gasteiger partial charge is 0.162 e. The van der Waals surface area contributed by atoms with Gasteiger partial charge in [0.2, 0.25) is 0 Å². The molecule has 0 amide bonds. The van der Waals surface area contributed by atoms with Gasteiger partial charge < -0.3 is 9.47 Å². The number of carbonyl (C=O) groups excluding carboxylic acids is 1. The number of ether oxygens (including phenoxy) is 2. The van der Waals surface area contributed by atoms with Crippen molar-refractivity contribution in [2.24, 2.45) is 0 Å². The maximum Gasteiger partial charge on any atom is 0.162 e. The second-order valence-corrected chi connectivity index (χ2v) is 5.10. The normalized spacial score (nSPS) is 10.1. The molecule has 0 radical (unpaired) electrons. The molecular weight excluding hydrogens is 288 g/mol. The number of rotatable bonds is 9. The lowest BCUT2D eigenvalue weighted by Gasteiger charge is -2.12. The zero-order valence-electron chi connectivity index (χ0n) is 13.5. The van der Waals surface area contributed by atoms with Gasteiger partial charge in [0.1, 0.15) is 24.7 Å². The molecule has 0 saturated heterocycles. The lowest BCUT2D eigenvalue weighted by Crippen LogP contribution is -2.10. The van der Waals surface area contributed by atoms with E-state index in [1.54, 1.807) is 0 Å². The summed E-state index contributed by atoms with van der Waals surface area (Å²) in [6.45, 7) is 6.53. The van der Waals surface area contributed by atoms with Crippen molar-refractivity contribution in [1.29, 1.82) is 0 Å². The van der Waals surface area contributed by atoms with Crippen LogP contribution in [0, 0.1) is 0 Å². The van der Waals surface area contributed by atoms with Crippen molar-refractivity contribution in [3.63, 3.8) is 0 Å². The molecule has 23 heavy (non-hydrogen) atoms. The Morgan fingerprint density at radius 3 is 2.52 bits per heavy atom. The van der Waals surface area contributed by atoms with E-state index in [2.05, 4.69) is 6.58 Å². The van der Waals surface area contributed by atoms with Gasteiger partial charge in [-0.25, -0.2) is 0 Å². The van der Waals surface area contributed by atoms with Crippen LogP contribution < -0.4 is 9.47 Å². The van der Waals surface area contributed by atoms with Crippen LogP contribution in [0.5, 0.6) is 11.5 Å². The number of hydrogen-bond donors (Lipinski definition) is 0. The monoisotopic (exact) mass is 310 g/mol. The molecule has 0 heterocycles. The van der Waals surface area contributed by atoms with Crippen LogP contribution in [0.3, 0.4) is 0 Å². The van der Waals surface area contributed by atoms with Gasteiger partial charge in [0, 0.05) is 12.0 Å². The Hall–Kier alpha value is -2.55. The molecule has 3 nitrogen and oxygen atoms in total. The van der Waals surface area contributed by atoms with Gasteiger partial charge in [-0.3, -0.25) is 4.79 Å². The molecule has 0 atom stereocenters. The van der Waals surface area contributed by atoms with Gasteiger partial charge in [-0.15, -0.1) is 6.58 Å². The van der Waals surface area contributed by atoms with Crippen LogP contribution in [-0.2, 0) is 6.42 Å². The molecule has 0 saturated carbocycles. The van der Waals surface area contributed by atoms with Gasteiger partial charge in [-0.1, -0.05) is 31.2 Å². The van der Waals surface area contributed by atoms with E-state index in [-0.39, 0.29) is 5.78 Å². The van der Waals surface area contributed by atoms with E-state index >= 15 is 0 Å². The molecule has 0 N–H and O–H groups in total. The third kappa shape index (κ3) is 4.99. The summed E-state index contributed by atoms with van der Waals surface area (Å²) in [5.74, 6) is 1.73. The highest BCUT2D eigenvalue weighted by Gasteiger charge is 2.08. The summed E-state index contributed by atoms with van der Waals surface area (Å²) < 4.78 is 11.4. The topological polar surface area (TPSA) is 35.5 Å². The number of benzene rings is 2. The maximum absolute atomic E-state index is 11.8. The Kier molecular flexibility index (Phi) is 6.42. The van der Waals surface area contributed by atoms with Gasteiger partial charge in [-0.2, -0.15) is 0 Å². The van der Waals surface area contributed by atoms with Crippen molar-refractivity contribution in [3.8, 4) is 11.5 Å². The summed E-state index contributed by atoms with van der Waals surface area (Å²) in [4.78, 5) is 11.8. The first-order valence-corrected chi connectivity index (χ1v) is 7.82. The highest BCUT2D eigenvalue weighted by Crippen LogP contribution is 2.22. The van der Waals surface area contributed by atoms with E-state index in [1.807, 2.05) is 61.5 Å². The van der Waals surface area contributed by atoms with E-state index in [4.69, 9.17) is 9.47 Å². The molecule has 0 aromatic heterocycles. The highest BCUT2D eigenvalue weighted by atomic mass is 16.5. The summed E-state index contributed by atoms with van der Waals surface area (Å²) >= 11 is 0. The van der Waals surface area contributed by atoms with E-state index in [9.17, 15) is 4.79 Å². The third-order valence-electron chi connectivity index (χ3n) is 3.42. The van der Waals surface area contributed by atoms with Crippen LogP contribution in [0.1, 0.15) is 29.3 Å². The molecule has 0 aliphatic rings. The van der Waals surface area contributed by atoms with Gasteiger partial charge >= 0.3 is 0 Å². The fraction of sp³-hybridized carbons (Fsp3) is 0.250. The second-order valence-electron chi connectivity index (χ2n) is 5.10. The molecule has 2 aromatic rings. The summed E-state index contributed by atoms with van der Waals surface area (Å²) in [6, 6.07) is 15.2. The van der Waals surface area contributed by atoms with Crippen LogP contribution in [0.4, 0.5) is 0 Å². The first kappa shape index (κ1) is 16.8. The molecule has 120 valence electrons. The zero-order valence-corrected chi connectivity index (χ0v) is 13.5. The van der Waals surface area contributed by atoms with Gasteiger partial charge in [0.25, 0.3) is 0 Å². The number of Topliss-reactive ketones (excluding diaryl/α,β-unsaturated/α-hetero) is 1. The first-order chi connectivity index (χ1) is 11.2. The molecular formula is C20H22O3. The minimum Gasteiger partial charge on any atom is -0.490 e. The fourth-order valence-corrected chi connectivity index (χ4v) is 2.24. The molecule has 0 aliphatic heterocycles. The van der Waals surface area contributed by atoms with E-state index < -0.39 is 0 Å². The molecule has 2 rings (SSSR count). The van der Waals surface area contributed by atoms with Crippen molar-refractivity contribution >= 4 is 5.78 Å². The van der Waals surface area contributed by atoms with Crippen molar-refractivity contribution in [3.05, 3.63) is 72.3 Å². The van der Waals surface area contributed by atoms with Gasteiger partial charge in [-0.05, 0) is 42.3 Å². The summed E-state index contributed by atoms with van der Waals surface area (Å²) in [5, 5.41) is 0. The Bertz CT molecular complexity index is 647. The minimum atomic E-state index is 0.134. The lowest BCUT2D eigenvalue weighted by atomic mass is 10.0. The van der Waals surface area contributed by atoms with Crippen LogP contribution >= 0.6 is 0 Å². The average molecular weight is 310 g/mol. The fourth-order valence-electron chi connectivity index (χ4n) is 2.24. The van der Waals surface area contributed by atoms with Crippen LogP contribution in [0.25, 0.3) is 0 Å². The van der Waals surface area contributed by atoms with Crippen LogP contribution in [0.2, 0.25) is 0 Å². The van der Waals surface area contributed by atoms with E-state index in [0.29, 0.717) is 26.1 Å². The number of carbonyl (C=O) groups is 1. The van der Waals surface area contributed by atoms with Crippen molar-refractivity contribution in [2.75, 3.05) is 13.2 Å². The van der Waals surface area contributed by atoms with Crippen molar-refractivity contribution < 1.29 is 14.3 Å². The van der Waals surface area contributed by atoms with Crippen molar-refractivity contribution in [1.82, 2.24) is 0 Å². The van der Waals surface area contributed by atoms with Crippen LogP contribution in [0.15, 0.2) is 61.2 Å². The second kappa shape index (κ2) is 8.79. The molecule has 0 spiro atoms. The third-order valence-corrected chi connectivity index (χ3v) is 3.42. The summed E-state index contributed by atoms with van der Waals surface area (Å²) in [5.41, 5.74) is 1.69. The predicted octanol–water partition coefficient (Wildman–Crippen LogP) is 4.47.